The highest BCUT2D eigenvalue weighted by Crippen LogP contribution is 2.25. The number of pyridine rings is 1. The molecule has 2 aromatic carbocycles. The monoisotopic (exact) mass is 342 g/mol. The lowest BCUT2D eigenvalue weighted by Gasteiger charge is -2.08. The second-order valence-electron chi connectivity index (χ2n) is 6.51. The Morgan fingerprint density at radius 2 is 1.65 bits per heavy atom. The quantitative estimate of drug-likeness (QED) is 0.367. The minimum Gasteiger partial charge on any atom is -0.323 e. The molecule has 0 N–H and O–H groups in total. The maximum atomic E-state index is 10.8. The van der Waals surface area contributed by atoms with Gasteiger partial charge in [0.25, 0.3) is 5.69 Å². The number of benzene rings is 2. The van der Waals surface area contributed by atoms with Crippen molar-refractivity contribution in [2.24, 2.45) is 0 Å². The SMILES string of the molecule is Cc1cn2cc(-c3ccccc3)cc2cc1Cc1ccc([N+](=O)[O-])cc1. The average molecular weight is 342 g/mol. The summed E-state index contributed by atoms with van der Waals surface area (Å²) in [5.74, 6) is 0. The van der Waals surface area contributed by atoms with Gasteiger partial charge in [0.1, 0.15) is 0 Å². The zero-order valence-electron chi connectivity index (χ0n) is 14.4. The van der Waals surface area contributed by atoms with E-state index in [1.54, 1.807) is 12.1 Å². The van der Waals surface area contributed by atoms with E-state index in [1.807, 2.05) is 30.3 Å². The number of non-ortho nitro benzene ring substituents is 1. The van der Waals surface area contributed by atoms with Crippen LogP contribution in [0.2, 0.25) is 0 Å². The fraction of sp³-hybridized carbons (Fsp3) is 0.0909. The van der Waals surface area contributed by atoms with E-state index in [4.69, 9.17) is 0 Å². The topological polar surface area (TPSA) is 47.5 Å². The smallest absolute Gasteiger partial charge is 0.269 e. The number of nitrogens with zero attached hydrogens (tertiary/aromatic N) is 2. The molecule has 0 spiro atoms. The van der Waals surface area contributed by atoms with E-state index in [1.165, 1.54) is 22.3 Å². The third-order valence-electron chi connectivity index (χ3n) is 4.69. The third-order valence-corrected chi connectivity index (χ3v) is 4.69. The van der Waals surface area contributed by atoms with Gasteiger partial charge in [-0.2, -0.15) is 0 Å². The molecule has 0 unspecified atom stereocenters. The first-order chi connectivity index (χ1) is 12.6. The van der Waals surface area contributed by atoms with Crippen LogP contribution in [0.25, 0.3) is 16.6 Å². The molecule has 26 heavy (non-hydrogen) atoms. The number of aryl methyl sites for hydroxylation is 1. The van der Waals surface area contributed by atoms with Gasteiger partial charge in [-0.3, -0.25) is 10.1 Å². The summed E-state index contributed by atoms with van der Waals surface area (Å²) < 4.78 is 2.15. The lowest BCUT2D eigenvalue weighted by molar-refractivity contribution is -0.384. The Kier molecular flexibility index (Phi) is 4.01. The van der Waals surface area contributed by atoms with Crippen LogP contribution in [0.4, 0.5) is 5.69 Å². The number of aromatic nitrogens is 1. The largest absolute Gasteiger partial charge is 0.323 e. The van der Waals surface area contributed by atoms with Crippen molar-refractivity contribution in [2.45, 2.75) is 13.3 Å². The molecule has 2 heterocycles. The molecule has 0 saturated heterocycles. The van der Waals surface area contributed by atoms with Gasteiger partial charge in [-0.1, -0.05) is 42.5 Å². The number of hydrogen-bond acceptors (Lipinski definition) is 2. The molecule has 4 rings (SSSR count). The van der Waals surface area contributed by atoms with Gasteiger partial charge < -0.3 is 4.40 Å². The summed E-state index contributed by atoms with van der Waals surface area (Å²) in [6.07, 6.45) is 5.04. The highest BCUT2D eigenvalue weighted by Gasteiger charge is 2.08. The average Bonchev–Trinajstić information content (AvgIpc) is 3.06. The Labute approximate surface area is 151 Å². The van der Waals surface area contributed by atoms with Gasteiger partial charge in [0.15, 0.2) is 0 Å². The third kappa shape index (κ3) is 3.09. The van der Waals surface area contributed by atoms with Gasteiger partial charge in [-0.05, 0) is 47.7 Å². The van der Waals surface area contributed by atoms with Crippen LogP contribution < -0.4 is 0 Å². The molecule has 0 saturated carbocycles. The fourth-order valence-electron chi connectivity index (χ4n) is 3.24. The van der Waals surface area contributed by atoms with Crippen molar-refractivity contribution < 1.29 is 4.92 Å². The molecule has 0 atom stereocenters. The Morgan fingerprint density at radius 1 is 0.923 bits per heavy atom. The zero-order valence-corrected chi connectivity index (χ0v) is 14.4. The Morgan fingerprint density at radius 3 is 2.35 bits per heavy atom. The van der Waals surface area contributed by atoms with Crippen molar-refractivity contribution in [1.29, 1.82) is 0 Å². The zero-order chi connectivity index (χ0) is 18.1. The summed E-state index contributed by atoms with van der Waals surface area (Å²) >= 11 is 0. The maximum Gasteiger partial charge on any atom is 0.269 e. The number of nitro benzene ring substituents is 1. The van der Waals surface area contributed by atoms with Crippen molar-refractivity contribution in [3.8, 4) is 11.1 Å². The molecule has 2 aromatic heterocycles. The lowest BCUT2D eigenvalue weighted by atomic mass is 10.0. The Balaban J connectivity index is 1.67. The van der Waals surface area contributed by atoms with Crippen molar-refractivity contribution in [2.75, 3.05) is 0 Å². The van der Waals surface area contributed by atoms with Crippen molar-refractivity contribution in [3.63, 3.8) is 0 Å². The summed E-state index contributed by atoms with van der Waals surface area (Å²) in [6, 6.07) is 21.5. The molecule has 0 aliphatic heterocycles. The number of hydrogen-bond donors (Lipinski definition) is 0. The standard InChI is InChI=1S/C22H18N2O2/c1-16-14-23-15-20(18-5-3-2-4-6-18)13-22(23)12-19(16)11-17-7-9-21(10-8-17)24(25)26/h2-10,12-15H,11H2,1H3. The lowest BCUT2D eigenvalue weighted by Crippen LogP contribution is -1.95. The fourth-order valence-corrected chi connectivity index (χ4v) is 3.24. The molecule has 0 radical (unpaired) electrons. The second-order valence-corrected chi connectivity index (χ2v) is 6.51. The minimum absolute atomic E-state index is 0.125. The Hall–Kier alpha value is -3.40. The summed E-state index contributed by atoms with van der Waals surface area (Å²) in [5, 5.41) is 10.8. The molecule has 0 aliphatic rings. The van der Waals surface area contributed by atoms with E-state index in [-0.39, 0.29) is 10.6 Å². The molecular formula is C22H18N2O2. The number of fused-ring (bicyclic) bond motifs is 1. The first-order valence-corrected chi connectivity index (χ1v) is 8.50. The highest BCUT2D eigenvalue weighted by atomic mass is 16.6. The van der Waals surface area contributed by atoms with Gasteiger partial charge in [0.05, 0.1) is 4.92 Å². The van der Waals surface area contributed by atoms with E-state index < -0.39 is 0 Å². The van der Waals surface area contributed by atoms with Crippen LogP contribution in [0.1, 0.15) is 16.7 Å². The van der Waals surface area contributed by atoms with E-state index in [9.17, 15) is 10.1 Å². The van der Waals surface area contributed by atoms with Crippen LogP contribution >= 0.6 is 0 Å². The van der Waals surface area contributed by atoms with Crippen LogP contribution in [-0.2, 0) is 6.42 Å². The maximum absolute atomic E-state index is 10.8. The van der Waals surface area contributed by atoms with Gasteiger partial charge in [-0.25, -0.2) is 0 Å². The summed E-state index contributed by atoms with van der Waals surface area (Å²) in [5.41, 5.74) is 7.16. The van der Waals surface area contributed by atoms with Crippen molar-refractivity contribution in [1.82, 2.24) is 4.40 Å². The molecule has 0 amide bonds. The van der Waals surface area contributed by atoms with Gasteiger partial charge in [0.2, 0.25) is 0 Å². The van der Waals surface area contributed by atoms with E-state index >= 15 is 0 Å². The van der Waals surface area contributed by atoms with Crippen molar-refractivity contribution >= 4 is 11.2 Å². The van der Waals surface area contributed by atoms with Gasteiger partial charge in [-0.15, -0.1) is 0 Å². The van der Waals surface area contributed by atoms with Crippen molar-refractivity contribution in [3.05, 3.63) is 106 Å². The summed E-state index contributed by atoms with van der Waals surface area (Å²) in [7, 11) is 0. The highest BCUT2D eigenvalue weighted by molar-refractivity contribution is 5.71. The molecule has 128 valence electrons. The molecule has 0 aliphatic carbocycles. The van der Waals surface area contributed by atoms with E-state index in [0.29, 0.717) is 0 Å². The molecule has 0 fully saturated rings. The first-order valence-electron chi connectivity index (χ1n) is 8.50. The minimum atomic E-state index is -0.368. The predicted octanol–water partition coefficient (Wildman–Crippen LogP) is 5.41. The molecular weight excluding hydrogens is 324 g/mol. The molecule has 4 aromatic rings. The van der Waals surface area contributed by atoms with Crippen LogP contribution in [-0.4, -0.2) is 9.32 Å². The van der Waals surface area contributed by atoms with Crippen LogP contribution in [0.15, 0.2) is 79.1 Å². The van der Waals surface area contributed by atoms with Crippen LogP contribution in [0.5, 0.6) is 0 Å². The van der Waals surface area contributed by atoms with E-state index in [0.717, 1.165) is 17.5 Å². The van der Waals surface area contributed by atoms with E-state index in [2.05, 4.69) is 48.0 Å². The molecule has 4 nitrogen and oxygen atoms in total. The van der Waals surface area contributed by atoms with Crippen LogP contribution in [0, 0.1) is 17.0 Å². The predicted molar refractivity (Wildman–Crippen MR) is 103 cm³/mol. The normalized spacial score (nSPS) is 11.0. The first kappa shape index (κ1) is 16.1. The Bertz CT molecular complexity index is 1080. The van der Waals surface area contributed by atoms with Gasteiger partial charge in [0, 0.05) is 35.6 Å². The molecule has 0 bridgehead atoms. The number of nitro groups is 1. The molecule has 4 heteroatoms. The van der Waals surface area contributed by atoms with Gasteiger partial charge >= 0.3 is 0 Å². The second kappa shape index (κ2) is 6.48. The summed E-state index contributed by atoms with van der Waals surface area (Å²) in [4.78, 5) is 10.4. The number of rotatable bonds is 4. The summed E-state index contributed by atoms with van der Waals surface area (Å²) in [6.45, 7) is 2.10. The van der Waals surface area contributed by atoms with Crippen LogP contribution in [0.3, 0.4) is 0 Å².